The van der Waals surface area contributed by atoms with Crippen molar-refractivity contribution in [2.24, 2.45) is 0 Å². The van der Waals surface area contributed by atoms with Gasteiger partial charge in [0.15, 0.2) is 0 Å². The van der Waals surface area contributed by atoms with Crippen molar-refractivity contribution in [1.29, 1.82) is 0 Å². The first kappa shape index (κ1) is 67.3. The summed E-state index contributed by atoms with van der Waals surface area (Å²) in [7, 11) is 0. The summed E-state index contributed by atoms with van der Waals surface area (Å²) in [5.74, 6) is 0. The van der Waals surface area contributed by atoms with E-state index < -0.39 is 0 Å². The minimum atomic E-state index is 0. The number of nitrogens with zero attached hydrogens (tertiary/aromatic N) is 4. The van der Waals surface area contributed by atoms with Crippen molar-refractivity contribution >= 4 is 22.7 Å². The lowest BCUT2D eigenvalue weighted by Crippen LogP contribution is -3.00. The van der Waals surface area contributed by atoms with Gasteiger partial charge in [-0.05, 0) is 104 Å². The molecule has 0 N–H and O–H groups in total. The molecule has 0 bridgehead atoms. The van der Waals surface area contributed by atoms with Crippen molar-refractivity contribution in [2.75, 3.05) is 52.4 Å². The van der Waals surface area contributed by atoms with Gasteiger partial charge in [-0.3, -0.25) is 17.9 Å². The first-order valence-electron chi connectivity index (χ1n) is 27.0. The van der Waals surface area contributed by atoms with Gasteiger partial charge in [0, 0.05) is 22.3 Å². The molecule has 8 heteroatoms. The molecule has 4 nitrogen and oxygen atoms in total. The highest BCUT2D eigenvalue weighted by Gasteiger charge is 2.29. The molecule has 76 heavy (non-hydrogen) atoms. The Balaban J connectivity index is 0.000000498. The predicted molar refractivity (Wildman–Crippen MR) is 318 cm³/mol. The summed E-state index contributed by atoms with van der Waals surface area (Å²) in [5.41, 5.74) is 11.3. The van der Waals surface area contributed by atoms with Crippen molar-refractivity contribution in [3.05, 3.63) is 265 Å². The van der Waals surface area contributed by atoms with Crippen LogP contribution in [0.3, 0.4) is 0 Å². The van der Waals surface area contributed by atoms with Gasteiger partial charge in [-0.2, -0.15) is 0 Å². The highest BCUT2D eigenvalue weighted by atomic mass is 19.0. The normalized spacial score (nSPS) is 10.8. The van der Waals surface area contributed by atoms with Crippen molar-refractivity contribution in [3.63, 3.8) is 0 Å². The van der Waals surface area contributed by atoms with Crippen LogP contribution in [0.15, 0.2) is 243 Å². The van der Waals surface area contributed by atoms with Crippen LogP contribution in [0.1, 0.15) is 77.6 Å². The Morgan fingerprint density at radius 3 is 0.421 bits per heavy atom. The molecule has 8 aromatic rings. The van der Waals surface area contributed by atoms with E-state index in [1.807, 2.05) is 0 Å². The maximum atomic E-state index is 2.28. The van der Waals surface area contributed by atoms with E-state index in [9.17, 15) is 0 Å². The molecule has 0 aliphatic carbocycles. The molecule has 0 unspecified atom stereocenters. The number of hydrogen-bond acceptors (Lipinski definition) is 0. The zero-order valence-electron chi connectivity index (χ0n) is 46.9. The minimum Gasteiger partial charge on any atom is -1.00 e. The van der Waals surface area contributed by atoms with Crippen molar-refractivity contribution in [2.45, 2.75) is 81.6 Å². The van der Waals surface area contributed by atoms with Crippen LogP contribution in [0.4, 0.5) is 22.7 Å². The summed E-state index contributed by atoms with van der Waals surface area (Å²) in [4.78, 5) is 0. The molecule has 0 saturated carbocycles. The molecule has 0 aliphatic heterocycles. The first-order chi connectivity index (χ1) is 35.2. The highest BCUT2D eigenvalue weighted by Crippen LogP contribution is 2.29. The van der Waals surface area contributed by atoms with Crippen LogP contribution >= 0.6 is 0 Å². The number of halogens is 4. The van der Waals surface area contributed by atoms with Crippen LogP contribution in [-0.4, -0.2) is 52.4 Å². The summed E-state index contributed by atoms with van der Waals surface area (Å²) >= 11 is 0. The zero-order valence-corrected chi connectivity index (χ0v) is 46.9. The number of para-hydroxylation sites is 4. The third kappa shape index (κ3) is 18.9. The Kier molecular flexibility index (Phi) is 31.5. The highest BCUT2D eigenvalue weighted by molar-refractivity contribution is 5.46. The Labute approximate surface area is 456 Å². The summed E-state index contributed by atoms with van der Waals surface area (Å²) in [6.45, 7) is 31.5. The molecule has 0 fully saturated rings. The maximum Gasteiger partial charge on any atom is 0.133 e. The molecule has 408 valence electrons. The summed E-state index contributed by atoms with van der Waals surface area (Å²) in [5, 5.41) is 0. The fraction of sp³-hybridized carbons (Fsp3) is 0.294. The standard InChI is InChI=1S/4C17H22N.4FH/c4*1-3-18(4-2,17-13-9-6-10-14-17)15-16-11-7-5-8-12-16;;;;/h4*5-14H,3-4,15H2,1-2H3;4*1H/q4*+1;;;;/p-4. The molecule has 0 aromatic heterocycles. The van der Waals surface area contributed by atoms with Gasteiger partial charge in [0.2, 0.25) is 0 Å². The van der Waals surface area contributed by atoms with Crippen LogP contribution in [0.2, 0.25) is 0 Å². The lowest BCUT2D eigenvalue weighted by molar-refractivity contribution is -0.00100. The first-order valence-corrected chi connectivity index (χ1v) is 27.0. The van der Waals surface area contributed by atoms with E-state index in [1.165, 1.54) is 45.0 Å². The second-order valence-corrected chi connectivity index (χ2v) is 19.0. The van der Waals surface area contributed by atoms with E-state index in [1.54, 1.807) is 0 Å². The molecule has 8 aromatic carbocycles. The van der Waals surface area contributed by atoms with Gasteiger partial charge in [0.25, 0.3) is 0 Å². The minimum absolute atomic E-state index is 0. The summed E-state index contributed by atoms with van der Waals surface area (Å²) in [6, 6.07) is 86.5. The van der Waals surface area contributed by atoms with Crippen LogP contribution in [0.25, 0.3) is 0 Å². The van der Waals surface area contributed by atoms with Gasteiger partial charge < -0.3 is 18.8 Å². The second-order valence-electron chi connectivity index (χ2n) is 19.0. The van der Waals surface area contributed by atoms with Crippen LogP contribution in [0.5, 0.6) is 0 Å². The molecular formula is C68H88F4N4. The van der Waals surface area contributed by atoms with Gasteiger partial charge in [0.05, 0.1) is 52.4 Å². The van der Waals surface area contributed by atoms with E-state index in [2.05, 4.69) is 298 Å². The molecule has 8 rings (SSSR count). The zero-order chi connectivity index (χ0) is 51.4. The number of quaternary nitrogens is 4. The monoisotopic (exact) mass is 1040 g/mol. The molecule has 0 radical (unpaired) electrons. The smallest absolute Gasteiger partial charge is 0.133 e. The molecule has 0 aliphatic rings. The van der Waals surface area contributed by atoms with Crippen molar-refractivity contribution in [1.82, 2.24) is 17.9 Å². The molecule has 0 saturated heterocycles. The quantitative estimate of drug-likeness (QED) is 0.0750. The Bertz CT molecular complexity index is 2220. The lowest BCUT2D eigenvalue weighted by atomic mass is 10.1. The number of rotatable bonds is 20. The summed E-state index contributed by atoms with van der Waals surface area (Å²) in [6.07, 6.45) is 0. The fourth-order valence-corrected chi connectivity index (χ4v) is 10.3. The van der Waals surface area contributed by atoms with E-state index in [0.717, 1.165) is 96.5 Å². The Hall–Kier alpha value is -6.68. The van der Waals surface area contributed by atoms with Gasteiger partial charge in [-0.25, -0.2) is 0 Å². The largest absolute Gasteiger partial charge is 1.00 e. The van der Waals surface area contributed by atoms with E-state index in [-0.39, 0.29) is 18.8 Å². The van der Waals surface area contributed by atoms with Gasteiger partial charge >= 0.3 is 0 Å². The predicted octanol–water partition coefficient (Wildman–Crippen LogP) is 4.95. The van der Waals surface area contributed by atoms with E-state index in [4.69, 9.17) is 0 Å². The molecule has 0 amide bonds. The van der Waals surface area contributed by atoms with Crippen molar-refractivity contribution < 1.29 is 18.8 Å². The second kappa shape index (κ2) is 35.6. The van der Waals surface area contributed by atoms with Gasteiger partial charge in [0.1, 0.15) is 48.9 Å². The van der Waals surface area contributed by atoms with Gasteiger partial charge in [-0.1, -0.05) is 194 Å². The van der Waals surface area contributed by atoms with Crippen LogP contribution in [0, 0.1) is 0 Å². The van der Waals surface area contributed by atoms with Crippen LogP contribution < -0.4 is 36.7 Å². The fourth-order valence-electron chi connectivity index (χ4n) is 10.3. The van der Waals surface area contributed by atoms with E-state index >= 15 is 0 Å². The lowest BCUT2D eigenvalue weighted by Gasteiger charge is -2.36. The molecular weight excluding hydrogens is 949 g/mol. The number of benzene rings is 8. The Morgan fingerprint density at radius 2 is 0.303 bits per heavy atom. The van der Waals surface area contributed by atoms with Crippen LogP contribution in [-0.2, 0) is 26.2 Å². The molecule has 0 atom stereocenters. The van der Waals surface area contributed by atoms with Crippen molar-refractivity contribution in [3.8, 4) is 0 Å². The average molecular weight is 1040 g/mol. The third-order valence-electron chi connectivity index (χ3n) is 15.4. The Morgan fingerprint density at radius 1 is 0.184 bits per heavy atom. The third-order valence-corrected chi connectivity index (χ3v) is 15.4. The van der Waals surface area contributed by atoms with E-state index in [0.29, 0.717) is 0 Å². The van der Waals surface area contributed by atoms with Gasteiger partial charge in [-0.15, -0.1) is 0 Å². The molecule has 0 spiro atoms. The SMILES string of the molecule is CC[N+](CC)(Cc1ccccc1)c1ccccc1.CC[N+](CC)(Cc1ccccc1)c1ccccc1.CC[N+](CC)(Cc1ccccc1)c1ccccc1.CC[N+](CC)(Cc1ccccc1)c1ccccc1.[F-].[F-].[F-].[F-]. The maximum absolute atomic E-state index is 2.28. The number of hydrogen-bond donors (Lipinski definition) is 0. The topological polar surface area (TPSA) is 0 Å². The average Bonchev–Trinajstić information content (AvgIpc) is 3.47. The molecule has 0 heterocycles. The summed E-state index contributed by atoms with van der Waals surface area (Å²) < 4.78 is 4.07.